The number of nitrogens with one attached hydrogen (secondary N) is 1. The Labute approximate surface area is 227 Å². The number of Topliss-reactive ketones (excluding diaryl/α,β-unsaturated/α-hetero) is 1. The van der Waals surface area contributed by atoms with E-state index in [2.05, 4.69) is 25.1 Å². The van der Waals surface area contributed by atoms with Crippen molar-refractivity contribution in [2.45, 2.75) is 103 Å². The van der Waals surface area contributed by atoms with Gasteiger partial charge >= 0.3 is 0 Å². The number of ketones is 1. The zero-order valence-electron chi connectivity index (χ0n) is 23.4. The van der Waals surface area contributed by atoms with Crippen molar-refractivity contribution in [2.24, 2.45) is 11.8 Å². The third-order valence-corrected chi connectivity index (χ3v) is 8.54. The molecule has 2 fully saturated rings. The van der Waals surface area contributed by atoms with Gasteiger partial charge in [-0.3, -0.25) is 14.3 Å². The van der Waals surface area contributed by atoms with Crippen molar-refractivity contribution in [3.8, 4) is 0 Å². The fourth-order valence-electron chi connectivity index (χ4n) is 6.01. The average Bonchev–Trinajstić information content (AvgIpc) is 3.52. The van der Waals surface area contributed by atoms with Gasteiger partial charge in [-0.2, -0.15) is 0 Å². The van der Waals surface area contributed by atoms with Crippen LogP contribution in [0.15, 0.2) is 22.7 Å². The van der Waals surface area contributed by atoms with E-state index in [0.717, 1.165) is 71.6 Å². The van der Waals surface area contributed by atoms with Gasteiger partial charge in [0.25, 0.3) is 0 Å². The van der Waals surface area contributed by atoms with Gasteiger partial charge in [0.1, 0.15) is 11.5 Å². The van der Waals surface area contributed by atoms with E-state index in [1.165, 1.54) is 6.42 Å². The molecule has 2 aliphatic carbocycles. The molecule has 2 aromatic rings. The topological polar surface area (TPSA) is 106 Å². The summed E-state index contributed by atoms with van der Waals surface area (Å²) in [5.74, 6) is 2.38. The zero-order chi connectivity index (χ0) is 27.6. The Kier molecular flexibility index (Phi) is 8.80. The molecule has 1 aromatic heterocycles. The molecule has 8 heteroatoms. The van der Waals surface area contributed by atoms with Crippen molar-refractivity contribution in [3.63, 3.8) is 0 Å². The van der Waals surface area contributed by atoms with Crippen LogP contribution >= 0.6 is 0 Å². The van der Waals surface area contributed by atoms with Crippen LogP contribution in [0.25, 0.3) is 0 Å². The minimum absolute atomic E-state index is 0.000761. The van der Waals surface area contributed by atoms with Gasteiger partial charge in [0, 0.05) is 36.7 Å². The molecule has 0 bridgehead atoms. The number of benzene rings is 1. The number of nitrogens with zero attached hydrogens (tertiary/aromatic N) is 1. The van der Waals surface area contributed by atoms with Gasteiger partial charge in [0.15, 0.2) is 0 Å². The van der Waals surface area contributed by atoms with E-state index in [1.807, 2.05) is 30.7 Å². The van der Waals surface area contributed by atoms with Gasteiger partial charge < -0.3 is 4.52 Å². The summed E-state index contributed by atoms with van der Waals surface area (Å²) in [6.07, 6.45) is 7.48. The monoisotopic (exact) mass is 542 g/mol. The minimum atomic E-state index is -3.64. The minimum Gasteiger partial charge on any atom is -0.361 e. The number of aryl methyl sites for hydroxylation is 2. The summed E-state index contributed by atoms with van der Waals surface area (Å²) < 4.78 is 31.1. The largest absolute Gasteiger partial charge is 0.361 e. The number of aromatic nitrogens is 1. The molecule has 2 aliphatic rings. The molecular weight excluding hydrogens is 500 g/mol. The molecule has 208 valence electrons. The summed E-state index contributed by atoms with van der Waals surface area (Å²) in [6.45, 7) is 8.57. The molecule has 7 nitrogen and oxygen atoms in total. The summed E-state index contributed by atoms with van der Waals surface area (Å²) in [4.78, 5) is 25.7. The van der Waals surface area contributed by atoms with E-state index < -0.39 is 15.9 Å². The first-order valence-corrected chi connectivity index (χ1v) is 15.9. The van der Waals surface area contributed by atoms with Gasteiger partial charge in [-0.1, -0.05) is 42.8 Å². The standard InChI is InChI=1S/C30H42N2O5S/c1-18(2)12-21-14-25(15-21)30-28(22-8-9-22)29(31-37-30)24(10-11-27(34)32-38(5,35)36)17-26(33)16-23-7-6-19(3)13-20(23)4/h6-7,13,18,21-22,24-25H,8-12,14-17H2,1-5H3,(H,32,34)/t21?,24-,25?/m0/s1. The van der Waals surface area contributed by atoms with Crippen LogP contribution in [-0.2, 0) is 26.0 Å². The summed E-state index contributed by atoms with van der Waals surface area (Å²) in [5, 5.41) is 4.53. The van der Waals surface area contributed by atoms with Crippen LogP contribution in [0.3, 0.4) is 0 Å². The van der Waals surface area contributed by atoms with E-state index in [-0.39, 0.29) is 24.5 Å². The quantitative estimate of drug-likeness (QED) is 0.340. The summed E-state index contributed by atoms with van der Waals surface area (Å²) in [5.41, 5.74) is 5.21. The van der Waals surface area contributed by atoms with Crippen LogP contribution in [-0.4, -0.2) is 31.5 Å². The molecular formula is C30H42N2O5S. The van der Waals surface area contributed by atoms with Gasteiger partial charge in [0.2, 0.25) is 15.9 Å². The molecule has 1 N–H and O–H groups in total. The average molecular weight is 543 g/mol. The van der Waals surface area contributed by atoms with Crippen LogP contribution < -0.4 is 4.72 Å². The second kappa shape index (κ2) is 11.7. The van der Waals surface area contributed by atoms with Crippen LogP contribution in [0.4, 0.5) is 0 Å². The Morgan fingerprint density at radius 1 is 1.13 bits per heavy atom. The van der Waals surface area contributed by atoms with Gasteiger partial charge in [-0.15, -0.1) is 0 Å². The van der Waals surface area contributed by atoms with Crippen molar-refractivity contribution < 1.29 is 22.5 Å². The first-order valence-electron chi connectivity index (χ1n) is 14.0. The fourth-order valence-corrected chi connectivity index (χ4v) is 6.52. The predicted octanol–water partition coefficient (Wildman–Crippen LogP) is 5.85. The fraction of sp³-hybridized carbons (Fsp3) is 0.633. The molecule has 0 aliphatic heterocycles. The Morgan fingerprint density at radius 3 is 2.45 bits per heavy atom. The maximum atomic E-state index is 13.3. The van der Waals surface area contributed by atoms with Crippen LogP contribution in [0.1, 0.15) is 117 Å². The molecule has 0 radical (unpaired) electrons. The molecule has 1 aromatic carbocycles. The smallest absolute Gasteiger partial charge is 0.233 e. The van der Waals surface area contributed by atoms with Crippen molar-refractivity contribution >= 4 is 21.7 Å². The molecule has 1 atom stereocenters. The Morgan fingerprint density at radius 2 is 1.84 bits per heavy atom. The van der Waals surface area contributed by atoms with Crippen LogP contribution in [0, 0.1) is 25.7 Å². The summed E-state index contributed by atoms with van der Waals surface area (Å²) in [6, 6.07) is 6.10. The summed E-state index contributed by atoms with van der Waals surface area (Å²) in [7, 11) is -3.64. The lowest BCUT2D eigenvalue weighted by molar-refractivity contribution is -0.121. The van der Waals surface area contributed by atoms with E-state index >= 15 is 0 Å². The first-order chi connectivity index (χ1) is 17.9. The van der Waals surface area contributed by atoms with Crippen LogP contribution in [0.2, 0.25) is 0 Å². The number of amides is 1. The van der Waals surface area contributed by atoms with E-state index in [1.54, 1.807) is 0 Å². The molecule has 1 heterocycles. The van der Waals surface area contributed by atoms with E-state index in [9.17, 15) is 18.0 Å². The highest BCUT2D eigenvalue weighted by Crippen LogP contribution is 2.52. The molecule has 0 saturated heterocycles. The summed E-state index contributed by atoms with van der Waals surface area (Å²) >= 11 is 0. The Balaban J connectivity index is 1.54. The lowest BCUT2D eigenvalue weighted by Gasteiger charge is -2.35. The highest BCUT2D eigenvalue weighted by atomic mass is 32.2. The molecule has 1 amide bonds. The second-order valence-electron chi connectivity index (χ2n) is 12.2. The van der Waals surface area contributed by atoms with Crippen LogP contribution in [0.5, 0.6) is 0 Å². The van der Waals surface area contributed by atoms with Crippen molar-refractivity contribution in [3.05, 3.63) is 51.9 Å². The molecule has 2 saturated carbocycles. The van der Waals surface area contributed by atoms with Gasteiger partial charge in [-0.05, 0) is 81.3 Å². The number of sulfonamides is 1. The molecule has 0 unspecified atom stereocenters. The lowest BCUT2D eigenvalue weighted by atomic mass is 9.69. The Bertz CT molecular complexity index is 1270. The highest BCUT2D eigenvalue weighted by Gasteiger charge is 2.41. The number of rotatable bonds is 13. The predicted molar refractivity (Wildman–Crippen MR) is 148 cm³/mol. The van der Waals surface area contributed by atoms with Crippen molar-refractivity contribution in [1.82, 2.24) is 9.88 Å². The van der Waals surface area contributed by atoms with Gasteiger partial charge in [-0.25, -0.2) is 8.42 Å². The molecule has 4 rings (SSSR count). The number of hydrogen-bond donors (Lipinski definition) is 1. The third-order valence-electron chi connectivity index (χ3n) is 7.95. The maximum absolute atomic E-state index is 13.3. The zero-order valence-corrected chi connectivity index (χ0v) is 24.2. The second-order valence-corrected chi connectivity index (χ2v) is 13.9. The lowest BCUT2D eigenvalue weighted by Crippen LogP contribution is -2.29. The highest BCUT2D eigenvalue weighted by molar-refractivity contribution is 7.89. The normalized spacial score (nSPS) is 20.3. The molecule has 0 spiro atoms. The number of hydrogen-bond acceptors (Lipinski definition) is 6. The maximum Gasteiger partial charge on any atom is 0.233 e. The number of carbonyl (C=O) groups is 2. The first kappa shape index (κ1) is 28.5. The third kappa shape index (κ3) is 7.55. The molecule has 38 heavy (non-hydrogen) atoms. The Hall–Kier alpha value is -2.48. The van der Waals surface area contributed by atoms with E-state index in [0.29, 0.717) is 30.6 Å². The van der Waals surface area contributed by atoms with Gasteiger partial charge in [0.05, 0.1) is 11.9 Å². The SMILES string of the molecule is Cc1ccc(CC(=O)C[C@H](CCC(=O)NS(C)(=O)=O)c2noc(C3CC(CC(C)C)C3)c2C2CC2)c(C)c1. The van der Waals surface area contributed by atoms with Crippen molar-refractivity contribution in [1.29, 1.82) is 0 Å². The van der Waals surface area contributed by atoms with Crippen molar-refractivity contribution in [2.75, 3.05) is 6.26 Å². The number of carbonyl (C=O) groups excluding carboxylic acids is 2. The van der Waals surface area contributed by atoms with E-state index in [4.69, 9.17) is 4.52 Å².